The second kappa shape index (κ2) is 8.77. The summed E-state index contributed by atoms with van der Waals surface area (Å²) < 4.78 is 75.9. The number of hydrogen-bond donors (Lipinski definition) is 2. The number of hydrogen-bond acceptors (Lipinski definition) is 3. The molecule has 0 aliphatic carbocycles. The lowest BCUT2D eigenvalue weighted by molar-refractivity contribution is -0.138. The molecule has 164 valence electrons. The molecule has 0 unspecified atom stereocenters. The summed E-state index contributed by atoms with van der Waals surface area (Å²) in [4.78, 5) is 12.6. The Balaban J connectivity index is 2.12. The highest BCUT2D eigenvalue weighted by Crippen LogP contribution is 2.34. The monoisotopic (exact) mass is 434 g/mol. The van der Waals surface area contributed by atoms with Crippen molar-refractivity contribution in [3.8, 4) is 0 Å². The van der Waals surface area contributed by atoms with Crippen molar-refractivity contribution in [3.05, 3.63) is 70.8 Å². The molecule has 0 fully saturated rings. The molecule has 0 heterocycles. The normalized spacial score (nSPS) is 16.6. The van der Waals surface area contributed by atoms with Gasteiger partial charge in [-0.2, -0.15) is 26.3 Å². The van der Waals surface area contributed by atoms with Crippen molar-refractivity contribution in [2.45, 2.75) is 38.4 Å². The fourth-order valence-electron chi connectivity index (χ4n) is 3.04. The van der Waals surface area contributed by atoms with Crippen molar-refractivity contribution < 1.29 is 41.4 Å². The van der Waals surface area contributed by atoms with Gasteiger partial charge >= 0.3 is 12.4 Å². The van der Waals surface area contributed by atoms with Crippen molar-refractivity contribution in [1.82, 2.24) is 0 Å². The first-order valence-corrected chi connectivity index (χ1v) is 8.97. The van der Waals surface area contributed by atoms with E-state index in [1.807, 2.05) is 0 Å². The minimum atomic E-state index is -4.54. The van der Waals surface area contributed by atoms with E-state index in [4.69, 9.17) is 0 Å². The molecule has 0 spiro atoms. The molecule has 0 aliphatic rings. The third kappa shape index (κ3) is 5.40. The Labute approximate surface area is 169 Å². The number of aliphatic hydroxyl groups excluding tert-OH is 2. The molecule has 2 N–H and O–H groups in total. The molecule has 2 aromatic rings. The van der Waals surface area contributed by atoms with Crippen molar-refractivity contribution >= 4 is 5.78 Å². The van der Waals surface area contributed by atoms with Crippen LogP contribution in [0, 0.1) is 11.8 Å². The molecule has 0 saturated heterocycles. The summed E-state index contributed by atoms with van der Waals surface area (Å²) in [7, 11) is 0. The third-order valence-electron chi connectivity index (χ3n) is 5.00. The largest absolute Gasteiger partial charge is 0.416 e. The van der Waals surface area contributed by atoms with Gasteiger partial charge in [-0.15, -0.1) is 0 Å². The lowest BCUT2D eigenvalue weighted by Gasteiger charge is -2.25. The second-order valence-electron chi connectivity index (χ2n) is 7.11. The average molecular weight is 434 g/mol. The molecule has 2 aromatic carbocycles. The number of carbonyl (C=O) groups is 1. The second-order valence-corrected chi connectivity index (χ2v) is 7.11. The van der Waals surface area contributed by atoms with Crippen LogP contribution in [0.15, 0.2) is 48.5 Å². The van der Waals surface area contributed by atoms with Crippen LogP contribution in [0.2, 0.25) is 0 Å². The lowest BCUT2D eigenvalue weighted by Crippen LogP contribution is -2.29. The summed E-state index contributed by atoms with van der Waals surface area (Å²) in [6.45, 7) is 2.72. The van der Waals surface area contributed by atoms with Gasteiger partial charge in [0.25, 0.3) is 0 Å². The Bertz CT molecular complexity index is 785. The van der Waals surface area contributed by atoms with Gasteiger partial charge in [-0.1, -0.05) is 38.1 Å². The molecule has 0 aromatic heterocycles. The molecule has 0 saturated carbocycles. The van der Waals surface area contributed by atoms with Crippen molar-refractivity contribution in [2.24, 2.45) is 11.8 Å². The summed E-state index contributed by atoms with van der Waals surface area (Å²) >= 11 is 0. The van der Waals surface area contributed by atoms with Crippen molar-refractivity contribution in [2.75, 3.05) is 0 Å². The van der Waals surface area contributed by atoms with Gasteiger partial charge in [0, 0.05) is 11.8 Å². The van der Waals surface area contributed by atoms with Gasteiger partial charge in [0.1, 0.15) is 5.78 Å². The van der Waals surface area contributed by atoms with Crippen LogP contribution in [0.3, 0.4) is 0 Å². The Morgan fingerprint density at radius 1 is 0.667 bits per heavy atom. The molecule has 9 heteroatoms. The summed E-state index contributed by atoms with van der Waals surface area (Å²) in [5, 5.41) is 20.7. The van der Waals surface area contributed by atoms with Gasteiger partial charge in [0.2, 0.25) is 0 Å². The van der Waals surface area contributed by atoms with Crippen LogP contribution in [-0.2, 0) is 17.1 Å². The van der Waals surface area contributed by atoms with Crippen LogP contribution in [0.25, 0.3) is 0 Å². The number of halogens is 6. The summed E-state index contributed by atoms with van der Waals surface area (Å²) in [6, 6.07) is 7.41. The maximum atomic E-state index is 12.6. The van der Waals surface area contributed by atoms with Gasteiger partial charge in [0.15, 0.2) is 0 Å². The Morgan fingerprint density at radius 2 is 0.933 bits per heavy atom. The topological polar surface area (TPSA) is 57.5 Å². The van der Waals surface area contributed by atoms with Crippen LogP contribution < -0.4 is 0 Å². The molecule has 0 amide bonds. The van der Waals surface area contributed by atoms with Gasteiger partial charge in [-0.05, 0) is 35.4 Å². The number of alkyl halides is 6. The third-order valence-corrected chi connectivity index (χ3v) is 5.00. The predicted molar refractivity (Wildman–Crippen MR) is 96.1 cm³/mol. The Kier molecular flexibility index (Phi) is 6.98. The zero-order chi connectivity index (χ0) is 22.9. The number of aliphatic hydroxyl groups is 2. The van der Waals surface area contributed by atoms with Crippen LogP contribution in [0.4, 0.5) is 26.3 Å². The van der Waals surface area contributed by atoms with Crippen LogP contribution in [0.5, 0.6) is 0 Å². The molecule has 0 radical (unpaired) electrons. The average Bonchev–Trinajstić information content (AvgIpc) is 2.70. The minimum absolute atomic E-state index is 0.0973. The van der Waals surface area contributed by atoms with Gasteiger partial charge in [-0.25, -0.2) is 0 Å². The standard InChI is InChI=1S/C21H20F6O3/c1-11(18(29)13-3-7-15(8-4-13)20(22,23)24)17(28)12(2)19(30)14-5-9-16(10-6-14)21(25,26)27/h3-12,18-19,29-30H,1-2H3/t11-,12-,18-,19-/m1/s1. The number of Topliss-reactive ketones (excluding diaryl/α,β-unsaturated/α-hetero) is 1. The fraction of sp³-hybridized carbons (Fsp3) is 0.381. The molecule has 0 bridgehead atoms. The van der Waals surface area contributed by atoms with E-state index < -0.39 is 53.3 Å². The smallest absolute Gasteiger partial charge is 0.388 e. The van der Waals surface area contributed by atoms with Gasteiger partial charge < -0.3 is 10.2 Å². The SMILES string of the molecule is C[C@H](C(=O)[C@@H](C)[C@@H](O)c1ccc(C(F)(F)F)cc1)[C@@H](O)c1ccc(C(F)(F)F)cc1. The molecule has 2 rings (SSSR count). The van der Waals surface area contributed by atoms with Gasteiger partial charge in [-0.3, -0.25) is 4.79 Å². The Morgan fingerprint density at radius 3 is 1.17 bits per heavy atom. The number of rotatable bonds is 6. The van der Waals surface area contributed by atoms with Crippen molar-refractivity contribution in [3.63, 3.8) is 0 Å². The van der Waals surface area contributed by atoms with E-state index in [1.165, 1.54) is 13.8 Å². The highest BCUT2D eigenvalue weighted by molar-refractivity contribution is 5.84. The summed E-state index contributed by atoms with van der Waals surface area (Å²) in [5.74, 6) is -2.73. The molecule has 4 atom stereocenters. The first-order chi connectivity index (χ1) is 13.7. The maximum Gasteiger partial charge on any atom is 0.416 e. The first kappa shape index (κ1) is 23.9. The predicted octanol–water partition coefficient (Wildman–Crippen LogP) is 5.33. The van der Waals surface area contributed by atoms with E-state index >= 15 is 0 Å². The summed E-state index contributed by atoms with van der Waals surface area (Å²) in [6.07, 6.45) is -11.9. The van der Waals surface area contributed by atoms with Crippen LogP contribution in [-0.4, -0.2) is 16.0 Å². The highest BCUT2D eigenvalue weighted by atomic mass is 19.4. The van der Waals surface area contributed by atoms with E-state index in [1.54, 1.807) is 0 Å². The first-order valence-electron chi connectivity index (χ1n) is 8.97. The Hall–Kier alpha value is -2.39. The minimum Gasteiger partial charge on any atom is -0.388 e. The number of benzene rings is 2. The zero-order valence-electron chi connectivity index (χ0n) is 16.0. The fourth-order valence-corrected chi connectivity index (χ4v) is 3.04. The van der Waals surface area contributed by atoms with E-state index in [0.29, 0.717) is 0 Å². The highest BCUT2D eigenvalue weighted by Gasteiger charge is 2.34. The quantitative estimate of drug-likeness (QED) is 0.604. The van der Waals surface area contributed by atoms with E-state index in [9.17, 15) is 41.4 Å². The number of ketones is 1. The van der Waals surface area contributed by atoms with Crippen LogP contribution >= 0.6 is 0 Å². The molecule has 0 aliphatic heterocycles. The zero-order valence-corrected chi connectivity index (χ0v) is 16.0. The molecular weight excluding hydrogens is 414 g/mol. The molecular formula is C21H20F6O3. The molecule has 30 heavy (non-hydrogen) atoms. The van der Waals surface area contributed by atoms with Gasteiger partial charge in [0.05, 0.1) is 23.3 Å². The van der Waals surface area contributed by atoms with Crippen LogP contribution in [0.1, 0.15) is 48.3 Å². The van der Waals surface area contributed by atoms with E-state index in [0.717, 1.165) is 48.5 Å². The maximum absolute atomic E-state index is 12.6. The van der Waals surface area contributed by atoms with E-state index in [2.05, 4.69) is 0 Å². The lowest BCUT2D eigenvalue weighted by atomic mass is 9.83. The summed E-state index contributed by atoms with van der Waals surface area (Å²) in [5.41, 5.74) is -1.60. The molecule has 3 nitrogen and oxygen atoms in total. The number of carbonyl (C=O) groups excluding carboxylic acids is 1. The van der Waals surface area contributed by atoms with E-state index in [-0.39, 0.29) is 11.1 Å². The van der Waals surface area contributed by atoms with Crippen molar-refractivity contribution in [1.29, 1.82) is 0 Å².